The summed E-state index contributed by atoms with van der Waals surface area (Å²) in [5.41, 5.74) is 0.343. The zero-order valence-corrected chi connectivity index (χ0v) is 11.4. The van der Waals surface area contributed by atoms with E-state index in [0.717, 1.165) is 6.26 Å². The number of carbonyl (C=O) groups excluding carboxylic acids is 2. The Kier molecular flexibility index (Phi) is 4.49. The zero-order valence-electron chi connectivity index (χ0n) is 10.6. The third-order valence-corrected chi connectivity index (χ3v) is 2.70. The molecule has 2 N–H and O–H groups in total. The lowest BCUT2D eigenvalue weighted by Crippen LogP contribution is -2.13. The summed E-state index contributed by atoms with van der Waals surface area (Å²) in [6.07, 6.45) is 0.970. The molecule has 7 nitrogen and oxygen atoms in total. The fraction of sp³-hybridized carbons (Fsp3) is 0.273. The Morgan fingerprint density at radius 2 is 1.74 bits per heavy atom. The number of ether oxygens (including phenoxy) is 2. The first kappa shape index (κ1) is 15.0. The van der Waals surface area contributed by atoms with Gasteiger partial charge in [-0.05, 0) is 18.2 Å². The summed E-state index contributed by atoms with van der Waals surface area (Å²) >= 11 is 0. The number of methoxy groups -OCH3 is 2. The van der Waals surface area contributed by atoms with Crippen LogP contribution in [0.15, 0.2) is 18.2 Å². The van der Waals surface area contributed by atoms with Crippen molar-refractivity contribution in [2.45, 2.75) is 0 Å². The summed E-state index contributed by atoms with van der Waals surface area (Å²) in [7, 11) is -1.08. The van der Waals surface area contributed by atoms with E-state index in [2.05, 4.69) is 14.2 Å². The highest BCUT2D eigenvalue weighted by atomic mass is 32.2. The Morgan fingerprint density at radius 3 is 2.21 bits per heavy atom. The van der Waals surface area contributed by atoms with Gasteiger partial charge in [0.05, 0.1) is 24.6 Å². The van der Waals surface area contributed by atoms with Crippen LogP contribution in [0.2, 0.25) is 0 Å². The Morgan fingerprint density at radius 1 is 1.16 bits per heavy atom. The number of hydrogen-bond acceptors (Lipinski definition) is 5. The summed E-state index contributed by atoms with van der Waals surface area (Å²) in [5, 5.41) is 0. The highest BCUT2D eigenvalue weighted by molar-refractivity contribution is 7.92. The second kappa shape index (κ2) is 5.70. The van der Waals surface area contributed by atoms with Crippen LogP contribution in [0.4, 0.5) is 5.69 Å². The Bertz CT molecular complexity index is 573. The van der Waals surface area contributed by atoms with E-state index >= 15 is 0 Å². The summed E-state index contributed by atoms with van der Waals surface area (Å²) in [6, 6.07) is 3.93. The van der Waals surface area contributed by atoms with Crippen LogP contribution in [0, 0.1) is 0 Å². The molecular formula is C11H14NO6S+. The van der Waals surface area contributed by atoms with Crippen molar-refractivity contribution in [2.24, 2.45) is 0 Å². The number of benzene rings is 1. The summed E-state index contributed by atoms with van der Waals surface area (Å²) < 4.78 is 33.7. The van der Waals surface area contributed by atoms with E-state index in [1.807, 2.05) is 0 Å². The maximum Gasteiger partial charge on any atom is 0.517 e. The van der Waals surface area contributed by atoms with Crippen LogP contribution in [0.5, 0.6) is 0 Å². The molecule has 0 unspecified atom stereocenters. The van der Waals surface area contributed by atoms with Crippen LogP contribution < -0.4 is 4.72 Å². The molecule has 0 aliphatic carbocycles. The van der Waals surface area contributed by atoms with Gasteiger partial charge in [-0.25, -0.2) is 13.2 Å². The van der Waals surface area contributed by atoms with E-state index in [4.69, 9.17) is 0 Å². The molecule has 0 saturated heterocycles. The van der Waals surface area contributed by atoms with Crippen LogP contribution in [0.1, 0.15) is 15.9 Å². The van der Waals surface area contributed by atoms with Gasteiger partial charge in [0.2, 0.25) is 10.0 Å². The number of sulfonamides is 1. The lowest BCUT2D eigenvalue weighted by molar-refractivity contribution is 0.0600. The molecule has 0 aliphatic heterocycles. The van der Waals surface area contributed by atoms with Crippen LogP contribution in [-0.2, 0) is 19.5 Å². The first-order valence-electron chi connectivity index (χ1n) is 5.08. The minimum Gasteiger partial charge on any atom is -0.465 e. The lowest BCUT2D eigenvalue weighted by Gasteiger charge is -2.07. The highest BCUT2D eigenvalue weighted by Crippen LogP contribution is 2.17. The molecule has 0 saturated carbocycles. The van der Waals surface area contributed by atoms with Gasteiger partial charge in [-0.3, -0.25) is 4.72 Å². The van der Waals surface area contributed by atoms with Gasteiger partial charge < -0.3 is 14.3 Å². The van der Waals surface area contributed by atoms with Crippen molar-refractivity contribution < 1.29 is 27.5 Å². The molecule has 1 rings (SSSR count). The predicted octanol–water partition coefficient (Wildman–Crippen LogP) is 0.342. The Labute approximate surface area is 110 Å². The number of carbonyl (C=O) groups is 1. The van der Waals surface area contributed by atoms with Gasteiger partial charge in [0.15, 0.2) is 7.11 Å². The molecule has 0 spiro atoms. The van der Waals surface area contributed by atoms with Crippen LogP contribution in [0.25, 0.3) is 0 Å². The molecule has 1 aromatic rings. The molecule has 0 bridgehead atoms. The smallest absolute Gasteiger partial charge is 0.465 e. The Balaban J connectivity index is 3.31. The molecular weight excluding hydrogens is 274 g/mol. The van der Waals surface area contributed by atoms with Gasteiger partial charge in [0.1, 0.15) is 5.56 Å². The van der Waals surface area contributed by atoms with Gasteiger partial charge >= 0.3 is 11.9 Å². The fourth-order valence-corrected chi connectivity index (χ4v) is 1.92. The predicted molar refractivity (Wildman–Crippen MR) is 69.3 cm³/mol. The molecule has 0 heterocycles. The largest absolute Gasteiger partial charge is 0.517 e. The molecule has 0 aromatic heterocycles. The maximum atomic E-state index is 11.5. The average Bonchev–Trinajstić information content (AvgIpc) is 2.34. The summed E-state index contributed by atoms with van der Waals surface area (Å²) in [4.78, 5) is 21.0. The topological polar surface area (TPSA) is 103 Å². The minimum atomic E-state index is -3.51. The Hall–Kier alpha value is -2.09. The highest BCUT2D eigenvalue weighted by Gasteiger charge is 2.19. The summed E-state index contributed by atoms with van der Waals surface area (Å²) in [6.45, 7) is 0. The molecule has 0 atom stereocenters. The first-order chi connectivity index (χ1) is 8.76. The third kappa shape index (κ3) is 4.25. The van der Waals surface area contributed by atoms with Crippen LogP contribution >= 0.6 is 0 Å². The molecule has 0 amide bonds. The number of hydrogen-bond donors (Lipinski definition) is 1. The third-order valence-electron chi connectivity index (χ3n) is 2.10. The van der Waals surface area contributed by atoms with E-state index in [1.165, 1.54) is 32.4 Å². The second-order valence-corrected chi connectivity index (χ2v) is 5.42. The quantitative estimate of drug-likeness (QED) is 0.635. The van der Waals surface area contributed by atoms with Crippen molar-refractivity contribution >= 4 is 27.6 Å². The lowest BCUT2D eigenvalue weighted by atomic mass is 10.1. The molecule has 8 heteroatoms. The average molecular weight is 288 g/mol. The van der Waals surface area contributed by atoms with Crippen molar-refractivity contribution in [3.63, 3.8) is 0 Å². The normalized spacial score (nSPS) is 10.7. The van der Waals surface area contributed by atoms with Gasteiger partial charge in [-0.15, -0.1) is 0 Å². The van der Waals surface area contributed by atoms with Crippen molar-refractivity contribution in [3.8, 4) is 0 Å². The first-order valence-corrected chi connectivity index (χ1v) is 6.97. The standard InChI is InChI=1S/C11H13NO6S/c1-17-10(13)7-4-8(11(14)18-2)6-9(5-7)12-19(3,15)16/h4-6,12H,1-3H3/p+1. The summed E-state index contributed by atoms with van der Waals surface area (Å²) in [5.74, 6) is -1.11. The van der Waals surface area contributed by atoms with Crippen molar-refractivity contribution in [2.75, 3.05) is 25.2 Å². The van der Waals surface area contributed by atoms with Gasteiger partial charge in [0.25, 0.3) is 0 Å². The fourth-order valence-electron chi connectivity index (χ4n) is 1.38. The monoisotopic (exact) mass is 288 g/mol. The van der Waals surface area contributed by atoms with E-state index < -0.39 is 22.0 Å². The van der Waals surface area contributed by atoms with Crippen molar-refractivity contribution in [1.82, 2.24) is 0 Å². The number of rotatable bonds is 4. The molecule has 0 fully saturated rings. The molecule has 0 aliphatic rings. The van der Waals surface area contributed by atoms with Crippen LogP contribution in [0.3, 0.4) is 0 Å². The van der Waals surface area contributed by atoms with Gasteiger partial charge in [0, 0.05) is 0 Å². The van der Waals surface area contributed by atoms with E-state index in [9.17, 15) is 18.0 Å². The molecule has 0 radical (unpaired) electrons. The van der Waals surface area contributed by atoms with Crippen LogP contribution in [-0.4, -0.2) is 45.6 Å². The minimum absolute atomic E-state index is 0.0785. The van der Waals surface area contributed by atoms with Crippen molar-refractivity contribution in [3.05, 3.63) is 29.3 Å². The number of anilines is 1. The number of esters is 2. The number of nitrogens with one attached hydrogen (secondary N) is 1. The SMILES string of the molecule is COC(=O)c1cc(NS(C)(=O)=O)cc(C(=[OH+])OC)c1. The van der Waals surface area contributed by atoms with Crippen molar-refractivity contribution in [1.29, 1.82) is 0 Å². The molecule has 104 valence electrons. The second-order valence-electron chi connectivity index (χ2n) is 3.67. The van der Waals surface area contributed by atoms with E-state index in [1.54, 1.807) is 0 Å². The molecule has 1 aromatic carbocycles. The zero-order chi connectivity index (χ0) is 14.6. The van der Waals surface area contributed by atoms with E-state index in [-0.39, 0.29) is 16.8 Å². The van der Waals surface area contributed by atoms with Gasteiger partial charge in [-0.1, -0.05) is 0 Å². The van der Waals surface area contributed by atoms with E-state index in [0.29, 0.717) is 0 Å². The van der Waals surface area contributed by atoms with Gasteiger partial charge in [-0.2, -0.15) is 0 Å². The maximum absolute atomic E-state index is 11.5. The molecule has 19 heavy (non-hydrogen) atoms.